The Morgan fingerprint density at radius 2 is 1.07 bits per heavy atom. The van der Waals surface area contributed by atoms with Crippen LogP contribution in [0.25, 0.3) is 0 Å². The van der Waals surface area contributed by atoms with Crippen LogP contribution in [0.3, 0.4) is 0 Å². The van der Waals surface area contributed by atoms with E-state index in [4.69, 9.17) is 25.2 Å². The van der Waals surface area contributed by atoms with Crippen LogP contribution in [0.5, 0.6) is 0 Å². The second kappa shape index (κ2) is 4.53. The molecule has 0 bridgehead atoms. The van der Waals surface area contributed by atoms with Crippen LogP contribution in [0.2, 0.25) is 0 Å². The van der Waals surface area contributed by atoms with Crippen molar-refractivity contribution in [2.45, 2.75) is 18.1 Å². The van der Waals surface area contributed by atoms with Crippen molar-refractivity contribution in [1.82, 2.24) is 0 Å². The molecule has 0 aromatic heterocycles. The second-order valence-electron chi connectivity index (χ2n) is 1.94. The Morgan fingerprint density at radius 1 is 0.867 bits per heavy atom. The maximum Gasteiger partial charge on any atom is 0.503 e. The molecule has 1 atom stereocenters. The number of aliphatic hydroxyl groups is 2. The van der Waals surface area contributed by atoms with Gasteiger partial charge in [0.25, 0.3) is 0 Å². The minimum atomic E-state index is -6.23. The molecular formula is C4H4F6O5. The van der Waals surface area contributed by atoms with Gasteiger partial charge in [-0.2, -0.15) is 26.3 Å². The van der Waals surface area contributed by atoms with Gasteiger partial charge in [-0.25, -0.2) is 4.79 Å². The maximum absolute atomic E-state index is 11.5. The monoisotopic (exact) mass is 246 g/mol. The summed E-state index contributed by atoms with van der Waals surface area (Å²) in [5.41, 5.74) is 0. The largest absolute Gasteiger partial charge is 0.503 e. The predicted molar refractivity (Wildman–Crippen MR) is 29.9 cm³/mol. The van der Waals surface area contributed by atoms with Crippen LogP contribution in [-0.4, -0.2) is 44.7 Å². The number of carboxylic acid groups (broad SMARTS) is 2. The van der Waals surface area contributed by atoms with Gasteiger partial charge in [0.1, 0.15) is 0 Å². The van der Waals surface area contributed by atoms with Crippen LogP contribution in [0.15, 0.2) is 0 Å². The van der Waals surface area contributed by atoms with Crippen molar-refractivity contribution in [2.24, 2.45) is 0 Å². The fourth-order valence-corrected chi connectivity index (χ4v) is 0.171. The summed E-state index contributed by atoms with van der Waals surface area (Å²) in [6, 6.07) is 0. The molecule has 92 valence electrons. The molecule has 0 heterocycles. The van der Waals surface area contributed by atoms with E-state index in [1.165, 1.54) is 0 Å². The van der Waals surface area contributed by atoms with E-state index in [0.29, 0.717) is 0 Å². The molecule has 0 aliphatic heterocycles. The highest BCUT2D eigenvalue weighted by atomic mass is 19.4. The lowest BCUT2D eigenvalue weighted by Crippen LogP contribution is -2.55. The van der Waals surface area contributed by atoms with Gasteiger partial charge in [-0.15, -0.1) is 0 Å². The van der Waals surface area contributed by atoms with Crippen LogP contribution in [0.1, 0.15) is 0 Å². The molecule has 0 aromatic rings. The molecule has 0 aliphatic rings. The first kappa shape index (κ1) is 16.2. The van der Waals surface area contributed by atoms with E-state index in [0.717, 1.165) is 0 Å². The highest BCUT2D eigenvalue weighted by Crippen LogP contribution is 2.41. The molecular weight excluding hydrogens is 242 g/mol. The first-order valence-corrected chi connectivity index (χ1v) is 2.73. The summed E-state index contributed by atoms with van der Waals surface area (Å²) in [5.74, 6) is -5.90. The van der Waals surface area contributed by atoms with Gasteiger partial charge < -0.3 is 20.4 Å². The Labute approximate surface area is 77.2 Å². The van der Waals surface area contributed by atoms with Crippen molar-refractivity contribution in [3.63, 3.8) is 0 Å². The summed E-state index contributed by atoms with van der Waals surface area (Å²) < 4.78 is 67.1. The zero-order valence-electron chi connectivity index (χ0n) is 6.46. The Morgan fingerprint density at radius 3 is 1.07 bits per heavy atom. The topological polar surface area (TPSA) is 98.0 Å². The summed E-state index contributed by atoms with van der Waals surface area (Å²) in [7, 11) is 0. The Hall–Kier alpha value is -1.23. The van der Waals surface area contributed by atoms with E-state index >= 15 is 0 Å². The van der Waals surface area contributed by atoms with Crippen molar-refractivity contribution in [3.8, 4) is 0 Å². The van der Waals surface area contributed by atoms with Crippen LogP contribution in [0, 0.1) is 0 Å². The molecule has 0 rings (SSSR count). The van der Waals surface area contributed by atoms with Gasteiger partial charge in [0, 0.05) is 0 Å². The van der Waals surface area contributed by atoms with E-state index in [-0.39, 0.29) is 0 Å². The standard InChI is InChI=1S/C3H2F6O2.CH2O3/c4-1(10,2(5,6)7)3(8,9)11;2-1(3)4/h10-11H;(H2,2,3,4). The SMILES string of the molecule is O=C(O)O.OC(F)(F)C(O)(F)C(F)(F)F. The van der Waals surface area contributed by atoms with Gasteiger partial charge in [-0.05, 0) is 0 Å². The van der Waals surface area contributed by atoms with Gasteiger partial charge in [-0.1, -0.05) is 0 Å². The fourth-order valence-electron chi connectivity index (χ4n) is 0.171. The van der Waals surface area contributed by atoms with Gasteiger partial charge in [-0.3, -0.25) is 0 Å². The Bertz CT molecular complexity index is 197. The maximum atomic E-state index is 11.5. The molecule has 4 N–H and O–H groups in total. The minimum Gasteiger partial charge on any atom is -0.450 e. The first-order valence-electron chi connectivity index (χ1n) is 2.73. The third kappa shape index (κ3) is 5.27. The molecule has 1 unspecified atom stereocenters. The van der Waals surface area contributed by atoms with Crippen LogP contribution >= 0.6 is 0 Å². The minimum absolute atomic E-state index is 1.83. The van der Waals surface area contributed by atoms with Crippen molar-refractivity contribution in [1.29, 1.82) is 0 Å². The van der Waals surface area contributed by atoms with Crippen LogP contribution in [-0.2, 0) is 0 Å². The lowest BCUT2D eigenvalue weighted by molar-refractivity contribution is -0.438. The summed E-state index contributed by atoms with van der Waals surface area (Å²) in [6.45, 7) is 0. The van der Waals surface area contributed by atoms with Gasteiger partial charge in [0.2, 0.25) is 0 Å². The van der Waals surface area contributed by atoms with Crippen molar-refractivity contribution in [3.05, 3.63) is 0 Å². The molecule has 15 heavy (non-hydrogen) atoms. The number of rotatable bonds is 1. The average molecular weight is 246 g/mol. The molecule has 0 saturated heterocycles. The van der Waals surface area contributed by atoms with E-state index in [9.17, 15) is 26.3 Å². The molecule has 0 radical (unpaired) electrons. The lowest BCUT2D eigenvalue weighted by Gasteiger charge is -2.25. The Balaban J connectivity index is 0. The average Bonchev–Trinajstić information content (AvgIpc) is 1.79. The smallest absolute Gasteiger partial charge is 0.450 e. The summed E-state index contributed by atoms with van der Waals surface area (Å²) in [4.78, 5) is 8.56. The van der Waals surface area contributed by atoms with Crippen molar-refractivity contribution >= 4 is 6.16 Å². The zero-order valence-corrected chi connectivity index (χ0v) is 6.46. The summed E-state index contributed by atoms with van der Waals surface area (Å²) in [5, 5.41) is 28.5. The highest BCUT2D eigenvalue weighted by Gasteiger charge is 2.71. The van der Waals surface area contributed by atoms with E-state index < -0.39 is 24.3 Å². The third-order valence-electron chi connectivity index (χ3n) is 0.774. The molecule has 11 heteroatoms. The number of hydrogen-bond donors (Lipinski definition) is 4. The molecule has 0 saturated carbocycles. The summed E-state index contributed by atoms with van der Waals surface area (Å²) >= 11 is 0. The quantitative estimate of drug-likeness (QED) is 0.517. The number of carbonyl (C=O) groups is 1. The van der Waals surface area contributed by atoms with Crippen molar-refractivity contribution < 1.29 is 51.6 Å². The zero-order chi connectivity index (χ0) is 13.1. The van der Waals surface area contributed by atoms with Crippen molar-refractivity contribution in [2.75, 3.05) is 0 Å². The van der Waals surface area contributed by atoms with Gasteiger partial charge in [0.05, 0.1) is 0 Å². The lowest BCUT2D eigenvalue weighted by atomic mass is 10.3. The number of alkyl halides is 6. The molecule has 0 aromatic carbocycles. The van der Waals surface area contributed by atoms with Crippen LogP contribution < -0.4 is 0 Å². The molecule has 0 amide bonds. The molecule has 0 fully saturated rings. The highest BCUT2D eigenvalue weighted by molar-refractivity contribution is 5.53. The van der Waals surface area contributed by atoms with Gasteiger partial charge in [0.15, 0.2) is 0 Å². The normalized spacial score (nSPS) is 16.0. The summed E-state index contributed by atoms with van der Waals surface area (Å²) in [6.07, 6.45) is -13.9. The molecule has 0 aliphatic carbocycles. The molecule has 5 nitrogen and oxygen atoms in total. The van der Waals surface area contributed by atoms with E-state index in [1.807, 2.05) is 0 Å². The van der Waals surface area contributed by atoms with Crippen LogP contribution in [0.4, 0.5) is 31.1 Å². The number of hydrogen-bond acceptors (Lipinski definition) is 3. The van der Waals surface area contributed by atoms with E-state index in [2.05, 4.69) is 0 Å². The predicted octanol–water partition coefficient (Wildman–Crippen LogP) is 1.01. The third-order valence-corrected chi connectivity index (χ3v) is 0.774. The second-order valence-corrected chi connectivity index (χ2v) is 1.94. The number of halogens is 6. The Kier molecular flexibility index (Phi) is 4.89. The van der Waals surface area contributed by atoms with Gasteiger partial charge >= 0.3 is 24.3 Å². The first-order chi connectivity index (χ1) is 6.23. The van der Waals surface area contributed by atoms with E-state index in [1.54, 1.807) is 0 Å². The molecule has 0 spiro atoms. The fraction of sp³-hybridized carbons (Fsp3) is 0.750.